The van der Waals surface area contributed by atoms with Crippen LogP contribution in [0.5, 0.6) is 0 Å². The summed E-state index contributed by atoms with van der Waals surface area (Å²) in [5.74, 6) is 0. The van der Waals surface area contributed by atoms with Crippen molar-refractivity contribution in [2.75, 3.05) is 112 Å². The Morgan fingerprint density at radius 2 is 0.570 bits per heavy atom. The Kier molecular flexibility index (Phi) is 46.1. The number of halogens is 1. The minimum atomic E-state index is -4.67. The second-order valence-corrected chi connectivity index (χ2v) is 33.9. The van der Waals surface area contributed by atoms with E-state index < -0.39 is 77.7 Å². The van der Waals surface area contributed by atoms with E-state index in [4.69, 9.17) is 18.9 Å². The second kappa shape index (κ2) is 47.8. The fraction of sp³-hybridized carbons (Fsp3) is 0.446. The maximum absolute atomic E-state index is 13.6. The van der Waals surface area contributed by atoms with Gasteiger partial charge < -0.3 is 25.4 Å². The molecule has 100 heavy (non-hydrogen) atoms. The molecule has 0 aliphatic carbocycles. The van der Waals surface area contributed by atoms with Crippen LogP contribution in [-0.4, -0.2) is 197 Å². The quantitative estimate of drug-likeness (QED) is 0.0575. The third-order valence-electron chi connectivity index (χ3n) is 14.2. The Bertz CT molecular complexity index is 3840. The number of hydrogen-bond acceptors (Lipinski definition) is 17. The number of hydrogen-bond donors (Lipinski definition) is 5. The van der Waals surface area contributed by atoms with Gasteiger partial charge in [0.25, 0.3) is 0 Å². The Morgan fingerprint density at radius 3 is 0.760 bits per heavy atom. The van der Waals surface area contributed by atoms with Crippen molar-refractivity contribution >= 4 is 70.5 Å². The van der Waals surface area contributed by atoms with Gasteiger partial charge in [-0.05, 0) is 127 Å². The smallest absolute Gasteiger partial charge is 0.544 e. The zero-order valence-corrected chi connectivity index (χ0v) is 67.0. The van der Waals surface area contributed by atoms with E-state index in [1.165, 1.54) is 85.6 Å². The first-order valence-corrected chi connectivity index (χ1v) is 40.4. The summed E-state index contributed by atoms with van der Waals surface area (Å²) in [6.07, 6.45) is 2.64. The van der Waals surface area contributed by atoms with Crippen LogP contribution in [0.4, 0.5) is 4.39 Å². The van der Waals surface area contributed by atoms with Gasteiger partial charge in [0.15, 0.2) is 0 Å². The monoisotopic (exact) mass is 1550 g/mol. The van der Waals surface area contributed by atoms with E-state index in [1.807, 2.05) is 41.5 Å². The van der Waals surface area contributed by atoms with Crippen LogP contribution in [0.25, 0.3) is 9.44 Å². The van der Waals surface area contributed by atoms with Crippen molar-refractivity contribution in [3.05, 3.63) is 188 Å². The Balaban J connectivity index is 0. The van der Waals surface area contributed by atoms with Gasteiger partial charge in [-0.1, -0.05) is 148 Å². The summed E-state index contributed by atoms with van der Waals surface area (Å²) in [5, 5.41) is 9.91. The van der Waals surface area contributed by atoms with Gasteiger partial charge in [-0.25, -0.2) is 54.8 Å². The van der Waals surface area contributed by atoms with E-state index >= 15 is 0 Å². The Labute approximate surface area is 643 Å². The Hall–Kier alpha value is -3.54. The predicted octanol–water partition coefficient (Wildman–Crippen LogP) is 2.91. The van der Waals surface area contributed by atoms with Crippen LogP contribution in [-0.2, 0) is 70.5 Å². The average molecular weight is 1550 g/mol. The van der Waals surface area contributed by atoms with Gasteiger partial charge in [0.2, 0.25) is 40.1 Å². The zero-order valence-electron chi connectivity index (χ0n) is 58.3. The summed E-state index contributed by atoms with van der Waals surface area (Å²) in [6.45, 7) is 20.0. The zero-order chi connectivity index (χ0) is 72.7. The molecule has 6 aromatic rings. The standard InChI is InChI=1S/C27H33N3O6S3.C25H29N3O6S3.C6H15N3.C4H10.CH3F.2CH4.2Na.H2O4S/c1-22-4-10-25(11-5-22)37(31,32)28-16-18-29(38(33,34)26-12-6-23(2)7-13-26)20-21-30(19-17-28)39(35,36)27-14-8-24(3)9-15-27;1-20-4-10-23(11-5-20)35(29,30)26-16-18-28(37(33,34)25-14-8-22(3)9-15-25)19-17-27-36(31,32)24-12-6-21(2)7-13-24;1-2-8-5-6-9-4-3-7-1;1-3-4-2;1-2;;;;;1-5(2,3)4/h4-15H,16-21H2,1-3H3;4-15H,16-19H2,1-3H3;7-9H,1-6H2;3-4H2,1-2H3;1H3;2*1H4;;;(H2,1,2,3,4)/q;-2;;;;;;2*+1;/i;;;;1D;;;;;. The SMILES string of the molecule is C.C.C1CNCCNCCN1.CCCC.Cc1ccc(S(=O)(=O)N2CCN(S(=O)(=O)c3ccc(C)cc3)CCN(S(=O)(=O)c3ccc(C)cc3)CC2)cc1.Cc1ccc(S(=O)(=O)[N-]CCN(CC[N-]S(=O)(=O)c2ccc(C)cc2)S(=O)(=O)c2ccc(C)cc2)cc1.O=S(=O)(O)O.[2H]CF.[Na+].[Na+]. The van der Waals surface area contributed by atoms with E-state index in [0.717, 1.165) is 89.9 Å². The molecule has 0 aromatic heterocycles. The molecule has 0 radical (unpaired) electrons. The third-order valence-corrected chi connectivity index (χ3v) is 24.7. The number of alkyl halides is 1. The number of nitrogens with one attached hydrogen (secondary N) is 3. The summed E-state index contributed by atoms with van der Waals surface area (Å²) in [5.41, 5.74) is 5.32. The molecule has 0 amide bonds. The van der Waals surface area contributed by atoms with Crippen molar-refractivity contribution in [3.8, 4) is 0 Å². The van der Waals surface area contributed by atoms with Crippen molar-refractivity contribution < 1.29 is 133 Å². The van der Waals surface area contributed by atoms with E-state index in [9.17, 15) is 54.9 Å². The van der Waals surface area contributed by atoms with Crippen LogP contribution < -0.4 is 75.1 Å². The van der Waals surface area contributed by atoms with Gasteiger partial charge in [-0.2, -0.15) is 21.3 Å². The number of benzene rings is 6. The van der Waals surface area contributed by atoms with Gasteiger partial charge in [-0.15, -0.1) is 13.1 Å². The van der Waals surface area contributed by atoms with Gasteiger partial charge in [0.1, 0.15) is 20.0 Å². The molecule has 552 valence electrons. The third kappa shape index (κ3) is 34.1. The molecule has 0 bridgehead atoms. The molecule has 2 fully saturated rings. The van der Waals surface area contributed by atoms with E-state index in [-0.39, 0.29) is 169 Å². The maximum Gasteiger partial charge on any atom is 1.00 e. The molecule has 0 saturated carbocycles. The van der Waals surface area contributed by atoms with Crippen LogP contribution in [0.15, 0.2) is 175 Å². The van der Waals surface area contributed by atoms with Crippen LogP contribution in [0.2, 0.25) is 0 Å². The second-order valence-electron chi connectivity index (χ2n) is 21.8. The molecule has 0 unspecified atom stereocenters. The van der Waals surface area contributed by atoms with Crippen molar-refractivity contribution in [1.29, 1.82) is 0 Å². The number of unbranched alkanes of at least 4 members (excludes halogenated alkanes) is 1. The van der Waals surface area contributed by atoms with Crippen LogP contribution in [0.3, 0.4) is 0 Å². The number of aryl methyl sites for hydroxylation is 6. The molecule has 0 atom stereocenters. The Morgan fingerprint density at radius 1 is 0.390 bits per heavy atom. The molecule has 35 heteroatoms. The molecule has 2 saturated heterocycles. The van der Waals surface area contributed by atoms with Gasteiger partial charge in [0.05, 0.1) is 28.1 Å². The van der Waals surface area contributed by atoms with Crippen LogP contribution in [0, 0.1) is 41.5 Å². The predicted molar refractivity (Wildman–Crippen MR) is 387 cm³/mol. The molecule has 2 aliphatic heterocycles. The largest absolute Gasteiger partial charge is 1.00 e. The van der Waals surface area contributed by atoms with Crippen molar-refractivity contribution in [2.45, 2.75) is 112 Å². The van der Waals surface area contributed by atoms with Crippen molar-refractivity contribution in [1.82, 2.24) is 33.2 Å². The minimum Gasteiger partial charge on any atom is -0.544 e. The van der Waals surface area contributed by atoms with Gasteiger partial charge in [-0.3, -0.25) is 13.5 Å². The molecule has 5 N–H and O–H groups in total. The first-order valence-electron chi connectivity index (χ1n) is 31.1. The fourth-order valence-electron chi connectivity index (χ4n) is 8.54. The number of rotatable bonds is 19. The summed E-state index contributed by atoms with van der Waals surface area (Å²) >= 11 is 0. The molecule has 2 aliphatic rings. The maximum atomic E-state index is 13.6. The van der Waals surface area contributed by atoms with E-state index in [2.05, 4.69) is 39.2 Å². The first-order chi connectivity index (χ1) is 45.5. The molecular formula is C65H100FN9Na2O16S7. The topological polar surface area (TPSA) is 357 Å². The molecule has 6 aromatic carbocycles. The number of sulfonamides is 6. The number of nitrogens with zero attached hydrogens (tertiary/aromatic N) is 6. The van der Waals surface area contributed by atoms with E-state index in [0.29, 0.717) is 0 Å². The van der Waals surface area contributed by atoms with E-state index in [1.54, 1.807) is 72.8 Å². The average Bonchev–Trinajstić information content (AvgIpc) is 1.78. The van der Waals surface area contributed by atoms with Crippen LogP contribution in [0.1, 0.15) is 76.3 Å². The summed E-state index contributed by atoms with van der Waals surface area (Å²) in [7, 11) is -29.8. The summed E-state index contributed by atoms with van der Waals surface area (Å²) in [6, 6.07) is 37.6. The van der Waals surface area contributed by atoms with Crippen molar-refractivity contribution in [2.24, 2.45) is 0 Å². The molecule has 0 spiro atoms. The molecular weight excluding hydrogens is 1450 g/mol. The summed E-state index contributed by atoms with van der Waals surface area (Å²) < 4.78 is 218. The fourth-order valence-corrected chi connectivity index (χ4v) is 16.1. The van der Waals surface area contributed by atoms with Gasteiger partial charge in [0, 0.05) is 88.3 Å². The first kappa shape index (κ1) is 96.5. The molecule has 8 rings (SSSR count). The van der Waals surface area contributed by atoms with Crippen LogP contribution >= 0.6 is 0 Å². The molecule has 25 nitrogen and oxygen atoms in total. The summed E-state index contributed by atoms with van der Waals surface area (Å²) in [4.78, 5) is 0.200. The van der Waals surface area contributed by atoms with Gasteiger partial charge >= 0.3 is 69.5 Å². The normalized spacial score (nSPS) is 14.7. The molecule has 2 heterocycles. The minimum absolute atomic E-state index is 0. The van der Waals surface area contributed by atoms with Crippen molar-refractivity contribution in [3.63, 3.8) is 0 Å².